The summed E-state index contributed by atoms with van der Waals surface area (Å²) in [6, 6.07) is 8.92. The number of ether oxygens (including phenoxy) is 1. The van der Waals surface area contributed by atoms with Crippen LogP contribution >= 0.6 is 0 Å². The second kappa shape index (κ2) is 8.53. The van der Waals surface area contributed by atoms with Gasteiger partial charge in [-0.2, -0.15) is 0 Å². The number of urea groups is 1. The zero-order chi connectivity index (χ0) is 18.2. The minimum absolute atomic E-state index is 0.262. The molecule has 0 bridgehead atoms. The maximum absolute atomic E-state index is 11.9. The first kappa shape index (κ1) is 18.1. The Hall–Kier alpha value is -3.29. The molecule has 3 amide bonds. The van der Waals surface area contributed by atoms with Crippen molar-refractivity contribution in [3.8, 4) is 0 Å². The van der Waals surface area contributed by atoms with Gasteiger partial charge in [0.05, 0.1) is 17.9 Å². The van der Waals surface area contributed by atoms with Gasteiger partial charge in [-0.1, -0.05) is 12.1 Å². The predicted molar refractivity (Wildman–Crippen MR) is 88.4 cm³/mol. The van der Waals surface area contributed by atoms with Gasteiger partial charge in [0.2, 0.25) is 0 Å². The summed E-state index contributed by atoms with van der Waals surface area (Å²) in [4.78, 5) is 34.4. The molecule has 8 heteroatoms. The van der Waals surface area contributed by atoms with Crippen LogP contribution < -0.4 is 16.4 Å². The van der Waals surface area contributed by atoms with Crippen LogP contribution in [0, 0.1) is 0 Å². The molecule has 2 rings (SSSR count). The van der Waals surface area contributed by atoms with Crippen LogP contribution in [-0.4, -0.2) is 24.5 Å². The van der Waals surface area contributed by atoms with E-state index >= 15 is 0 Å². The van der Waals surface area contributed by atoms with Crippen molar-refractivity contribution in [1.29, 1.82) is 0 Å². The summed E-state index contributed by atoms with van der Waals surface area (Å²) in [5.74, 6) is -0.436. The number of carbonyl (C=O) groups excluding carboxylic acids is 3. The number of amides is 3. The van der Waals surface area contributed by atoms with Crippen LogP contribution in [0.4, 0.5) is 4.79 Å². The molecule has 25 heavy (non-hydrogen) atoms. The number of nitrogens with one attached hydrogen (secondary N) is 2. The van der Waals surface area contributed by atoms with Crippen LogP contribution in [0.15, 0.2) is 47.1 Å². The molecule has 0 aliphatic carbocycles. The Bertz CT molecular complexity index is 725. The lowest BCUT2D eigenvalue weighted by Crippen LogP contribution is -2.31. The van der Waals surface area contributed by atoms with E-state index in [-0.39, 0.29) is 12.6 Å². The highest BCUT2D eigenvalue weighted by Gasteiger charge is 2.14. The van der Waals surface area contributed by atoms with Gasteiger partial charge in [0, 0.05) is 6.54 Å². The van der Waals surface area contributed by atoms with Crippen LogP contribution in [0.5, 0.6) is 0 Å². The lowest BCUT2D eigenvalue weighted by molar-refractivity contribution is -0.125. The number of furan rings is 1. The number of primary amides is 1. The van der Waals surface area contributed by atoms with Gasteiger partial charge in [0.25, 0.3) is 5.91 Å². The fourth-order valence-electron chi connectivity index (χ4n) is 2.05. The standard InChI is InChI=1S/C17H19N3O5/c1-11(14-3-2-8-24-14)20-15(21)10-25-16(22)13-6-4-12(5-7-13)9-19-17(18)23/h2-8,11H,9-10H2,1H3,(H,20,21)(H3,18,19,23). The highest BCUT2D eigenvalue weighted by molar-refractivity contribution is 5.91. The van der Waals surface area contributed by atoms with E-state index < -0.39 is 24.5 Å². The van der Waals surface area contributed by atoms with Crippen molar-refractivity contribution in [1.82, 2.24) is 10.6 Å². The largest absolute Gasteiger partial charge is 0.467 e. The molecule has 1 aromatic heterocycles. The number of nitrogens with two attached hydrogens (primary N) is 1. The Morgan fingerprint density at radius 3 is 2.52 bits per heavy atom. The minimum Gasteiger partial charge on any atom is -0.467 e. The van der Waals surface area contributed by atoms with Gasteiger partial charge in [-0.05, 0) is 36.8 Å². The first-order valence-corrected chi connectivity index (χ1v) is 7.58. The summed E-state index contributed by atoms with van der Waals surface area (Å²) in [5, 5.41) is 5.11. The van der Waals surface area contributed by atoms with Gasteiger partial charge < -0.3 is 25.5 Å². The van der Waals surface area contributed by atoms with E-state index in [4.69, 9.17) is 14.9 Å². The van der Waals surface area contributed by atoms with Crippen molar-refractivity contribution in [2.24, 2.45) is 5.73 Å². The third-order valence-electron chi connectivity index (χ3n) is 3.34. The molecule has 0 saturated heterocycles. The smallest absolute Gasteiger partial charge is 0.338 e. The number of esters is 1. The molecule has 1 atom stereocenters. The molecule has 0 fully saturated rings. The van der Waals surface area contributed by atoms with E-state index in [1.54, 1.807) is 43.3 Å². The first-order valence-electron chi connectivity index (χ1n) is 7.58. The molecule has 1 aromatic carbocycles. The summed E-state index contributed by atoms with van der Waals surface area (Å²) in [5.41, 5.74) is 6.06. The quantitative estimate of drug-likeness (QED) is 0.656. The van der Waals surface area contributed by atoms with Crippen molar-refractivity contribution >= 4 is 17.9 Å². The SMILES string of the molecule is CC(NC(=O)COC(=O)c1ccc(CNC(N)=O)cc1)c1ccco1. The second-order valence-electron chi connectivity index (χ2n) is 5.30. The molecular formula is C17H19N3O5. The van der Waals surface area contributed by atoms with Crippen molar-refractivity contribution in [2.45, 2.75) is 19.5 Å². The predicted octanol–water partition coefficient (Wildman–Crippen LogP) is 1.48. The van der Waals surface area contributed by atoms with Gasteiger partial charge in [0.15, 0.2) is 6.61 Å². The van der Waals surface area contributed by atoms with E-state index in [2.05, 4.69) is 10.6 Å². The highest BCUT2D eigenvalue weighted by atomic mass is 16.5. The second-order valence-corrected chi connectivity index (χ2v) is 5.30. The average molecular weight is 345 g/mol. The average Bonchev–Trinajstić information content (AvgIpc) is 3.13. The Labute approximate surface area is 144 Å². The normalized spacial score (nSPS) is 11.4. The number of rotatable bonds is 7. The van der Waals surface area contributed by atoms with Gasteiger partial charge in [-0.25, -0.2) is 9.59 Å². The molecule has 8 nitrogen and oxygen atoms in total. The Morgan fingerprint density at radius 1 is 1.20 bits per heavy atom. The van der Waals surface area contributed by atoms with Crippen LogP contribution in [0.25, 0.3) is 0 Å². The fraction of sp³-hybridized carbons (Fsp3) is 0.235. The zero-order valence-corrected chi connectivity index (χ0v) is 13.7. The Morgan fingerprint density at radius 2 is 1.92 bits per heavy atom. The topological polar surface area (TPSA) is 124 Å². The Kier molecular flexibility index (Phi) is 6.16. The maximum atomic E-state index is 11.9. The summed E-state index contributed by atoms with van der Waals surface area (Å²) < 4.78 is 10.2. The first-order chi connectivity index (χ1) is 12.0. The molecule has 4 N–H and O–H groups in total. The van der Waals surface area contributed by atoms with E-state index in [1.165, 1.54) is 6.26 Å². The van der Waals surface area contributed by atoms with Crippen LogP contribution in [-0.2, 0) is 16.1 Å². The molecule has 0 saturated carbocycles. The van der Waals surface area contributed by atoms with E-state index in [0.717, 1.165) is 5.56 Å². The molecule has 0 aliphatic rings. The summed E-state index contributed by atoms with van der Waals surface area (Å²) in [6.45, 7) is 1.63. The summed E-state index contributed by atoms with van der Waals surface area (Å²) in [6.07, 6.45) is 1.51. The lowest BCUT2D eigenvalue weighted by Gasteiger charge is -2.11. The number of benzene rings is 1. The zero-order valence-electron chi connectivity index (χ0n) is 13.7. The van der Waals surface area contributed by atoms with Crippen molar-refractivity contribution in [3.05, 3.63) is 59.5 Å². The molecule has 2 aromatic rings. The lowest BCUT2D eigenvalue weighted by atomic mass is 10.1. The molecule has 0 radical (unpaired) electrons. The third-order valence-corrected chi connectivity index (χ3v) is 3.34. The molecular weight excluding hydrogens is 326 g/mol. The minimum atomic E-state index is -0.627. The maximum Gasteiger partial charge on any atom is 0.338 e. The van der Waals surface area contributed by atoms with Crippen molar-refractivity contribution < 1.29 is 23.5 Å². The highest BCUT2D eigenvalue weighted by Crippen LogP contribution is 2.12. The monoisotopic (exact) mass is 345 g/mol. The molecule has 0 aliphatic heterocycles. The van der Waals surface area contributed by atoms with Crippen LogP contribution in [0.3, 0.4) is 0 Å². The van der Waals surface area contributed by atoms with Gasteiger partial charge in [0.1, 0.15) is 5.76 Å². The Balaban J connectivity index is 1.79. The van der Waals surface area contributed by atoms with E-state index in [0.29, 0.717) is 11.3 Å². The van der Waals surface area contributed by atoms with Crippen LogP contribution in [0.1, 0.15) is 34.6 Å². The molecule has 132 valence electrons. The fourth-order valence-corrected chi connectivity index (χ4v) is 2.05. The number of hydrogen-bond donors (Lipinski definition) is 3. The van der Waals surface area contributed by atoms with Gasteiger partial charge in [-0.15, -0.1) is 0 Å². The summed E-state index contributed by atoms with van der Waals surface area (Å²) >= 11 is 0. The van der Waals surface area contributed by atoms with Crippen LogP contribution in [0.2, 0.25) is 0 Å². The van der Waals surface area contributed by atoms with Crippen molar-refractivity contribution in [3.63, 3.8) is 0 Å². The van der Waals surface area contributed by atoms with Crippen molar-refractivity contribution in [2.75, 3.05) is 6.61 Å². The van der Waals surface area contributed by atoms with Gasteiger partial charge in [-0.3, -0.25) is 4.79 Å². The number of carbonyl (C=O) groups is 3. The third kappa shape index (κ3) is 5.69. The van der Waals surface area contributed by atoms with E-state index in [1.807, 2.05) is 0 Å². The molecule has 1 heterocycles. The molecule has 0 spiro atoms. The number of hydrogen-bond acceptors (Lipinski definition) is 5. The summed E-state index contributed by atoms with van der Waals surface area (Å²) in [7, 11) is 0. The van der Waals surface area contributed by atoms with E-state index in [9.17, 15) is 14.4 Å². The van der Waals surface area contributed by atoms with Gasteiger partial charge >= 0.3 is 12.0 Å². The molecule has 1 unspecified atom stereocenters.